The van der Waals surface area contributed by atoms with E-state index < -0.39 is 7.15 Å². The number of pyridine rings is 2. The van der Waals surface area contributed by atoms with E-state index in [1.165, 1.54) is 19.3 Å². The molecule has 2 aromatic rings. The van der Waals surface area contributed by atoms with Crippen LogP contribution in [0.1, 0.15) is 66.2 Å². The molecule has 3 rings (SSSR count). The fourth-order valence-corrected chi connectivity index (χ4v) is 3.86. The summed E-state index contributed by atoms with van der Waals surface area (Å²) in [6.07, 6.45) is 6.30. The third-order valence-electron chi connectivity index (χ3n) is 3.82. The first kappa shape index (κ1) is 46.6. The van der Waals surface area contributed by atoms with E-state index in [0.29, 0.717) is 21.1 Å². The van der Waals surface area contributed by atoms with Crippen LogP contribution in [0.25, 0.3) is 5.32 Å². The first-order chi connectivity index (χ1) is 14.4. The van der Waals surface area contributed by atoms with E-state index in [9.17, 15) is 9.18 Å². The Kier molecular flexibility index (Phi) is 34.6. The standard InChI is InChI=1S/C9H18N.C6H3Br2NO.C5H3Br2N.CH3F.CH4.2ClH.Li.Mg/c1-8(2)6-5-7-9(3,4)10-8;7-4-1-2-6(8)9-5(4)3-10;6-4-1-2-5(7)8-3-4;1-2;;;;;/h5-7H2,1-4H3;1-3H;1-3H;1H3;1H4;2*1H;;/q-1;;;;;;;+1;+2/p-2/i;;;1D;;;;;. The van der Waals surface area contributed by atoms with Crippen LogP contribution in [0.3, 0.4) is 0 Å². The van der Waals surface area contributed by atoms with Crippen molar-refractivity contribution in [3.05, 3.63) is 59.6 Å². The SMILES string of the molecule is Brc1ccc(Br)nc1.C.CC1(C)CCCC(C)(C)[N-]1.O=Cc1nc(Br)ccc1Br.[2H]CF.[Cl-].[Cl-].[Li+].[Mg+2]. The summed E-state index contributed by atoms with van der Waals surface area (Å²) in [5.41, 5.74) is 0.887. The van der Waals surface area contributed by atoms with Gasteiger partial charge in [-0.1, -0.05) is 54.4 Å². The summed E-state index contributed by atoms with van der Waals surface area (Å²) in [5.74, 6) is 0. The second-order valence-electron chi connectivity index (χ2n) is 7.51. The van der Waals surface area contributed by atoms with Gasteiger partial charge < -0.3 is 30.1 Å². The van der Waals surface area contributed by atoms with Gasteiger partial charge in [0.05, 0.1) is 8.52 Å². The Morgan fingerprint density at radius 1 is 1.00 bits per heavy atom. The van der Waals surface area contributed by atoms with Crippen LogP contribution in [0.15, 0.2) is 48.6 Å². The van der Waals surface area contributed by atoms with Gasteiger partial charge in [-0.25, -0.2) is 9.97 Å². The molecule has 0 aliphatic carbocycles. The number of alkyl halides is 1. The Balaban J connectivity index is -0.0000000837. The van der Waals surface area contributed by atoms with Crippen molar-refractivity contribution in [2.45, 2.75) is 65.5 Å². The number of aldehydes is 1. The topological polar surface area (TPSA) is 57.0 Å². The first-order valence-corrected chi connectivity index (χ1v) is 12.2. The van der Waals surface area contributed by atoms with Crippen LogP contribution in [0.5, 0.6) is 0 Å². The molecule has 1 aliphatic rings. The second kappa shape index (κ2) is 26.0. The molecule has 4 nitrogen and oxygen atoms in total. The van der Waals surface area contributed by atoms with Gasteiger partial charge >= 0.3 is 41.9 Å². The van der Waals surface area contributed by atoms with Gasteiger partial charge in [-0.2, -0.15) is 0 Å². The van der Waals surface area contributed by atoms with Gasteiger partial charge in [-0.3, -0.25) is 9.18 Å². The zero-order valence-corrected chi connectivity index (χ0v) is 29.2. The number of carbonyl (C=O) groups excluding carboxylic acids is 1. The maximum absolute atomic E-state index is 10.3. The molecule has 0 spiro atoms. The average molecular weight is 795 g/mol. The predicted octanol–water partition coefficient (Wildman–Crippen LogP) is -0.0201. The molecule has 0 saturated carbocycles. The summed E-state index contributed by atoms with van der Waals surface area (Å²) < 4.78 is 18.7. The van der Waals surface area contributed by atoms with Crippen molar-refractivity contribution < 1.29 is 54.2 Å². The minimum Gasteiger partial charge on any atom is -1.00 e. The molecular weight excluding hydrogens is 763 g/mol. The van der Waals surface area contributed by atoms with Crippen LogP contribution < -0.4 is 43.7 Å². The summed E-state index contributed by atoms with van der Waals surface area (Å²) in [6.45, 7) is 8.92. The molecule has 3 heterocycles. The van der Waals surface area contributed by atoms with E-state index in [4.69, 9.17) is 6.69 Å². The Bertz CT molecular complexity index is 782. The van der Waals surface area contributed by atoms with Crippen LogP contribution in [0.2, 0.25) is 0 Å². The maximum atomic E-state index is 10.3. The number of aromatic nitrogens is 2. The minimum absolute atomic E-state index is 0. The number of hydrogen-bond donors (Lipinski definition) is 0. The number of hydrogen-bond acceptors (Lipinski definition) is 3. The normalized spacial score (nSPS) is 13.9. The molecule has 0 bridgehead atoms. The van der Waals surface area contributed by atoms with Gasteiger partial charge in [0.15, 0.2) is 6.29 Å². The molecule has 2 aromatic heterocycles. The first-order valence-electron chi connectivity index (χ1n) is 9.70. The van der Waals surface area contributed by atoms with E-state index in [1.54, 1.807) is 18.3 Å². The summed E-state index contributed by atoms with van der Waals surface area (Å²) in [6, 6.07) is 7.33. The molecule has 1 fully saturated rings. The van der Waals surface area contributed by atoms with E-state index in [1.807, 2.05) is 12.1 Å². The van der Waals surface area contributed by atoms with E-state index in [0.717, 1.165) is 9.08 Å². The molecule has 1 saturated heterocycles. The number of piperidine rings is 1. The van der Waals surface area contributed by atoms with Crippen LogP contribution in [-0.2, 0) is 0 Å². The molecule has 13 heteroatoms. The molecule has 0 unspecified atom stereocenters. The maximum Gasteiger partial charge on any atom is 2.00 e. The van der Waals surface area contributed by atoms with E-state index in [2.05, 4.69) is 101 Å². The summed E-state index contributed by atoms with van der Waals surface area (Å²) >= 11 is 12.8. The van der Waals surface area contributed by atoms with Crippen molar-refractivity contribution in [1.82, 2.24) is 9.97 Å². The molecule has 1 aliphatic heterocycles. The molecule has 0 amide bonds. The van der Waals surface area contributed by atoms with E-state index in [-0.39, 0.29) is 85.2 Å². The van der Waals surface area contributed by atoms with Gasteiger partial charge in [0.25, 0.3) is 0 Å². The average Bonchev–Trinajstić information content (AvgIpc) is 2.66. The van der Waals surface area contributed by atoms with Gasteiger partial charge in [-0.05, 0) is 88.0 Å². The quantitative estimate of drug-likeness (QED) is 0.232. The van der Waals surface area contributed by atoms with E-state index >= 15 is 0 Å². The number of halogens is 7. The van der Waals surface area contributed by atoms with Gasteiger partial charge in [0, 0.05) is 15.1 Å². The molecular formula is C22H31Br4Cl2FLiMgN3O. The van der Waals surface area contributed by atoms with Crippen LogP contribution >= 0.6 is 63.7 Å². The molecule has 0 atom stereocenters. The van der Waals surface area contributed by atoms with Crippen molar-refractivity contribution >= 4 is 93.1 Å². The molecule has 0 radical (unpaired) electrons. The van der Waals surface area contributed by atoms with Crippen molar-refractivity contribution in [3.8, 4) is 0 Å². The fraction of sp³-hybridized carbons (Fsp3) is 0.500. The van der Waals surface area contributed by atoms with Crippen molar-refractivity contribution in [2.75, 3.05) is 7.15 Å². The van der Waals surface area contributed by atoms with Gasteiger partial charge in [0.2, 0.25) is 0 Å². The number of rotatable bonds is 1. The summed E-state index contributed by atoms with van der Waals surface area (Å²) in [5, 5.41) is 4.75. The van der Waals surface area contributed by atoms with Crippen molar-refractivity contribution in [3.63, 3.8) is 0 Å². The number of nitrogens with zero attached hydrogens (tertiary/aromatic N) is 3. The summed E-state index contributed by atoms with van der Waals surface area (Å²) in [7, 11) is -1.00. The zero-order chi connectivity index (χ0) is 24.1. The van der Waals surface area contributed by atoms with Crippen LogP contribution in [0.4, 0.5) is 4.39 Å². The summed E-state index contributed by atoms with van der Waals surface area (Å²) in [4.78, 5) is 18.1. The third-order valence-corrected chi connectivity index (χ3v) is 5.87. The Hall–Kier alpha value is 1.72. The smallest absolute Gasteiger partial charge is 1.00 e. The van der Waals surface area contributed by atoms with Crippen molar-refractivity contribution in [1.29, 1.82) is 0 Å². The molecule has 0 N–H and O–H groups in total. The molecule has 192 valence electrons. The Morgan fingerprint density at radius 2 is 1.46 bits per heavy atom. The van der Waals surface area contributed by atoms with Crippen LogP contribution in [-0.4, -0.2) is 57.5 Å². The number of carbonyl (C=O) groups is 1. The monoisotopic (exact) mass is 790 g/mol. The third kappa shape index (κ3) is 24.5. The molecule has 35 heavy (non-hydrogen) atoms. The second-order valence-corrected chi connectivity index (χ2v) is 10.9. The Morgan fingerprint density at radius 3 is 1.74 bits per heavy atom. The predicted molar refractivity (Wildman–Crippen MR) is 150 cm³/mol. The molecule has 0 aromatic carbocycles. The van der Waals surface area contributed by atoms with Gasteiger partial charge in [-0.15, -0.1) is 11.1 Å². The largest absolute Gasteiger partial charge is 2.00 e. The minimum atomic E-state index is -1.00. The zero-order valence-electron chi connectivity index (χ0n) is 20.9. The van der Waals surface area contributed by atoms with Gasteiger partial charge in [0.1, 0.15) is 14.9 Å². The van der Waals surface area contributed by atoms with Crippen LogP contribution in [0, 0.1) is 0 Å². The Labute approximate surface area is 286 Å². The van der Waals surface area contributed by atoms with Crippen molar-refractivity contribution in [2.24, 2.45) is 0 Å². The fourth-order valence-electron chi connectivity index (χ4n) is 2.76.